The Morgan fingerprint density at radius 1 is 1.35 bits per heavy atom. The van der Waals surface area contributed by atoms with Crippen molar-refractivity contribution in [1.29, 1.82) is 0 Å². The molecule has 0 aromatic rings. The van der Waals surface area contributed by atoms with Crippen LogP contribution in [0.2, 0.25) is 0 Å². The molecule has 0 aliphatic rings. The van der Waals surface area contributed by atoms with E-state index in [1.165, 1.54) is 6.26 Å². The molecule has 5 nitrogen and oxygen atoms in total. The van der Waals surface area contributed by atoms with Crippen molar-refractivity contribution >= 4 is 15.7 Å². The van der Waals surface area contributed by atoms with Crippen LogP contribution in [-0.2, 0) is 14.6 Å². The molecular formula is C11H24N2O3S. The minimum absolute atomic E-state index is 0.0985. The lowest BCUT2D eigenvalue weighted by atomic mass is 10.2. The molecule has 0 rings (SSSR count). The van der Waals surface area contributed by atoms with Gasteiger partial charge in [0.1, 0.15) is 0 Å². The molecule has 0 aliphatic heterocycles. The lowest BCUT2D eigenvalue weighted by Crippen LogP contribution is -2.45. The van der Waals surface area contributed by atoms with Crippen LogP contribution in [0.3, 0.4) is 0 Å². The van der Waals surface area contributed by atoms with Gasteiger partial charge < -0.3 is 10.6 Å². The summed E-state index contributed by atoms with van der Waals surface area (Å²) in [5, 5.41) is 5.79. The quantitative estimate of drug-likeness (QED) is 0.694. The van der Waals surface area contributed by atoms with Crippen LogP contribution >= 0.6 is 0 Å². The van der Waals surface area contributed by atoms with Gasteiger partial charge in [-0.25, -0.2) is 8.42 Å². The van der Waals surface area contributed by atoms with Gasteiger partial charge in [0.25, 0.3) is 0 Å². The van der Waals surface area contributed by atoms with Crippen LogP contribution in [-0.4, -0.2) is 44.5 Å². The highest BCUT2D eigenvalue weighted by atomic mass is 32.2. The maximum atomic E-state index is 11.6. The first-order valence-electron chi connectivity index (χ1n) is 5.80. The number of rotatable bonds is 7. The van der Waals surface area contributed by atoms with E-state index >= 15 is 0 Å². The summed E-state index contributed by atoms with van der Waals surface area (Å²) in [7, 11) is -3.17. The minimum atomic E-state index is -3.17. The minimum Gasteiger partial charge on any atom is -0.354 e. The molecule has 1 atom stereocenters. The fourth-order valence-electron chi connectivity index (χ4n) is 1.21. The molecule has 0 saturated carbocycles. The second-order valence-corrected chi connectivity index (χ2v) is 7.62. The van der Waals surface area contributed by atoms with Crippen molar-refractivity contribution in [3.8, 4) is 0 Å². The largest absolute Gasteiger partial charge is 0.354 e. The van der Waals surface area contributed by atoms with Crippen LogP contribution in [0.1, 0.15) is 34.1 Å². The van der Waals surface area contributed by atoms with Crippen molar-refractivity contribution < 1.29 is 13.2 Å². The van der Waals surface area contributed by atoms with Crippen molar-refractivity contribution in [3.05, 3.63) is 0 Å². The molecule has 0 aromatic carbocycles. The fraction of sp³-hybridized carbons (Fsp3) is 0.909. The first kappa shape index (κ1) is 16.4. The Morgan fingerprint density at radius 3 is 2.29 bits per heavy atom. The van der Waals surface area contributed by atoms with E-state index < -0.39 is 14.6 Å². The molecular weight excluding hydrogens is 240 g/mol. The summed E-state index contributed by atoms with van der Waals surface area (Å²) in [5.74, 6) is -0.129. The number of carbonyl (C=O) groups is 1. The first-order chi connectivity index (χ1) is 7.60. The Morgan fingerprint density at radius 2 is 1.88 bits per heavy atom. The van der Waals surface area contributed by atoms with Gasteiger partial charge in [0.15, 0.2) is 9.84 Å². The topological polar surface area (TPSA) is 75.3 Å². The molecule has 1 amide bonds. The third kappa shape index (κ3) is 6.02. The highest BCUT2D eigenvalue weighted by molar-refractivity contribution is 7.92. The molecule has 0 saturated heterocycles. The van der Waals surface area contributed by atoms with E-state index in [2.05, 4.69) is 10.6 Å². The predicted octanol–water partition coefficient (Wildman–Crippen LogP) is 0.314. The van der Waals surface area contributed by atoms with Gasteiger partial charge in [0, 0.05) is 25.3 Å². The predicted molar refractivity (Wildman–Crippen MR) is 69.7 cm³/mol. The third-order valence-electron chi connectivity index (χ3n) is 2.76. The van der Waals surface area contributed by atoms with Crippen LogP contribution in [0.4, 0.5) is 0 Å². The molecule has 0 fully saturated rings. The molecule has 1 unspecified atom stereocenters. The molecule has 6 heteroatoms. The van der Waals surface area contributed by atoms with Crippen LogP contribution in [0.15, 0.2) is 0 Å². The molecule has 0 radical (unpaired) electrons. The van der Waals surface area contributed by atoms with Crippen LogP contribution in [0.5, 0.6) is 0 Å². The normalized spacial score (nSPS) is 14.4. The molecule has 0 spiro atoms. The zero-order chi connectivity index (χ0) is 13.7. The Balaban J connectivity index is 4.17. The van der Waals surface area contributed by atoms with Gasteiger partial charge >= 0.3 is 0 Å². The van der Waals surface area contributed by atoms with Gasteiger partial charge in [-0.05, 0) is 27.3 Å². The van der Waals surface area contributed by atoms with Crippen LogP contribution < -0.4 is 10.6 Å². The summed E-state index contributed by atoms with van der Waals surface area (Å²) < 4.78 is 21.9. The van der Waals surface area contributed by atoms with Gasteiger partial charge in [-0.2, -0.15) is 0 Å². The Bertz CT molecular complexity index is 350. The summed E-state index contributed by atoms with van der Waals surface area (Å²) in [6.45, 7) is 8.06. The van der Waals surface area contributed by atoms with Crippen LogP contribution in [0.25, 0.3) is 0 Å². The maximum absolute atomic E-state index is 11.6. The average molecular weight is 264 g/mol. The second kappa shape index (κ2) is 6.35. The summed E-state index contributed by atoms with van der Waals surface area (Å²) in [6.07, 6.45) is 1.54. The third-order valence-corrected chi connectivity index (χ3v) is 4.91. The van der Waals surface area contributed by atoms with Crippen LogP contribution in [0, 0.1) is 0 Å². The number of hydrogen-bond donors (Lipinski definition) is 2. The van der Waals surface area contributed by atoms with E-state index in [0.717, 1.165) is 6.54 Å². The van der Waals surface area contributed by atoms with Crippen molar-refractivity contribution in [1.82, 2.24) is 10.6 Å². The van der Waals surface area contributed by atoms with E-state index in [9.17, 15) is 13.2 Å². The summed E-state index contributed by atoms with van der Waals surface area (Å²) in [4.78, 5) is 11.6. The Labute approximate surface area is 104 Å². The number of hydrogen-bond acceptors (Lipinski definition) is 4. The summed E-state index contributed by atoms with van der Waals surface area (Å²) in [5.41, 5.74) is 0. The Hall–Kier alpha value is -0.620. The highest BCUT2D eigenvalue weighted by Gasteiger charge is 2.30. The van der Waals surface area contributed by atoms with Gasteiger partial charge in [0.05, 0.1) is 4.75 Å². The number of carbonyl (C=O) groups excluding carboxylic acids is 1. The first-order valence-corrected chi connectivity index (χ1v) is 7.69. The van der Waals surface area contributed by atoms with Gasteiger partial charge in [-0.15, -0.1) is 0 Å². The molecule has 0 heterocycles. The van der Waals surface area contributed by atoms with E-state index in [-0.39, 0.29) is 18.5 Å². The van der Waals surface area contributed by atoms with Gasteiger partial charge in [0.2, 0.25) is 5.91 Å². The molecule has 0 aliphatic carbocycles. The lowest BCUT2D eigenvalue weighted by molar-refractivity contribution is -0.121. The van der Waals surface area contributed by atoms with E-state index in [1.807, 2.05) is 13.8 Å². The maximum Gasteiger partial charge on any atom is 0.221 e. The van der Waals surface area contributed by atoms with E-state index in [4.69, 9.17) is 0 Å². The van der Waals surface area contributed by atoms with Gasteiger partial charge in [-0.3, -0.25) is 4.79 Å². The zero-order valence-corrected chi connectivity index (χ0v) is 12.1. The monoisotopic (exact) mass is 264 g/mol. The zero-order valence-electron chi connectivity index (χ0n) is 11.3. The standard InChI is InChI=1S/C11H24N2O3S/c1-6-12-9(2)7-10(14)13-8-11(3,4)17(5,15)16/h9,12H,6-8H2,1-5H3,(H,13,14). The van der Waals surface area contributed by atoms with Crippen molar-refractivity contribution in [2.75, 3.05) is 19.3 Å². The molecule has 102 valence electrons. The van der Waals surface area contributed by atoms with Crippen molar-refractivity contribution in [2.24, 2.45) is 0 Å². The van der Waals surface area contributed by atoms with E-state index in [0.29, 0.717) is 6.42 Å². The molecule has 0 aromatic heterocycles. The Kier molecular flexibility index (Phi) is 6.12. The highest BCUT2D eigenvalue weighted by Crippen LogP contribution is 2.13. The molecule has 17 heavy (non-hydrogen) atoms. The number of sulfone groups is 1. The van der Waals surface area contributed by atoms with E-state index in [1.54, 1.807) is 13.8 Å². The van der Waals surface area contributed by atoms with Gasteiger partial charge in [-0.1, -0.05) is 6.92 Å². The summed E-state index contributed by atoms with van der Waals surface area (Å²) in [6, 6.07) is 0.0985. The smallest absolute Gasteiger partial charge is 0.221 e. The molecule has 0 bridgehead atoms. The molecule has 2 N–H and O–H groups in total. The lowest BCUT2D eigenvalue weighted by Gasteiger charge is -2.23. The summed E-state index contributed by atoms with van der Waals surface area (Å²) >= 11 is 0. The fourth-order valence-corrected chi connectivity index (χ4v) is 1.55. The SMILES string of the molecule is CCNC(C)CC(=O)NCC(C)(C)S(C)(=O)=O. The second-order valence-electron chi connectivity index (χ2n) is 4.97. The van der Waals surface area contributed by atoms with Crippen molar-refractivity contribution in [2.45, 2.75) is 44.9 Å². The van der Waals surface area contributed by atoms with Crippen molar-refractivity contribution in [3.63, 3.8) is 0 Å². The number of amides is 1. The average Bonchev–Trinajstić information content (AvgIpc) is 2.13. The number of nitrogens with one attached hydrogen (secondary N) is 2.